The van der Waals surface area contributed by atoms with Gasteiger partial charge in [-0.25, -0.2) is 9.18 Å². The molecule has 4 nitrogen and oxygen atoms in total. The zero-order valence-electron chi connectivity index (χ0n) is 10.4. The van der Waals surface area contributed by atoms with Gasteiger partial charge in [-0.3, -0.25) is 4.79 Å². The van der Waals surface area contributed by atoms with Crippen molar-refractivity contribution in [2.75, 3.05) is 7.11 Å². The van der Waals surface area contributed by atoms with E-state index in [1.54, 1.807) is 13.0 Å². The lowest BCUT2D eigenvalue weighted by Crippen LogP contribution is -2.07. The molecule has 0 bridgehead atoms. The van der Waals surface area contributed by atoms with Gasteiger partial charge >= 0.3 is 5.97 Å². The molecule has 19 heavy (non-hydrogen) atoms. The van der Waals surface area contributed by atoms with Crippen LogP contribution in [0.2, 0.25) is 0 Å². The first-order chi connectivity index (χ1) is 9.08. The topological polar surface area (TPSA) is 56.5 Å². The van der Waals surface area contributed by atoms with Crippen molar-refractivity contribution in [3.63, 3.8) is 0 Å². The highest BCUT2D eigenvalue weighted by molar-refractivity contribution is 5.93. The molecule has 1 heterocycles. The maximum Gasteiger partial charge on any atom is 0.341 e. The van der Waals surface area contributed by atoms with Crippen LogP contribution < -0.4 is 0 Å². The highest BCUT2D eigenvalue weighted by Gasteiger charge is 2.19. The van der Waals surface area contributed by atoms with E-state index in [0.717, 1.165) is 6.07 Å². The Morgan fingerprint density at radius 2 is 2.05 bits per heavy atom. The van der Waals surface area contributed by atoms with Gasteiger partial charge in [-0.05, 0) is 36.8 Å². The molecule has 0 spiro atoms. The number of rotatable bonds is 3. The molecular weight excluding hydrogens is 251 g/mol. The molecule has 2 rings (SSSR count). The zero-order chi connectivity index (χ0) is 14.0. The van der Waals surface area contributed by atoms with Crippen LogP contribution >= 0.6 is 0 Å². The predicted molar refractivity (Wildman–Crippen MR) is 65.6 cm³/mol. The Hall–Kier alpha value is -2.43. The van der Waals surface area contributed by atoms with Gasteiger partial charge in [-0.15, -0.1) is 0 Å². The van der Waals surface area contributed by atoms with E-state index in [1.807, 2.05) is 0 Å². The molecule has 0 saturated heterocycles. The Balaban J connectivity index is 2.59. The number of ether oxygens (including phenoxy) is 1. The Morgan fingerprint density at radius 1 is 1.32 bits per heavy atom. The molecule has 1 aromatic carbocycles. The molecule has 98 valence electrons. The van der Waals surface area contributed by atoms with Gasteiger partial charge in [0.05, 0.1) is 12.7 Å². The first-order valence-electron chi connectivity index (χ1n) is 5.51. The molecular formula is C14H11FO4. The highest BCUT2D eigenvalue weighted by atomic mass is 19.1. The van der Waals surface area contributed by atoms with E-state index < -0.39 is 11.8 Å². The molecule has 0 fully saturated rings. The minimum Gasteiger partial charge on any atom is -0.465 e. The fourth-order valence-corrected chi connectivity index (χ4v) is 1.86. The number of carbonyl (C=O) groups is 2. The normalized spacial score (nSPS) is 10.3. The fraction of sp³-hybridized carbons (Fsp3) is 0.143. The van der Waals surface area contributed by atoms with Crippen LogP contribution in [0.5, 0.6) is 0 Å². The smallest absolute Gasteiger partial charge is 0.341 e. The van der Waals surface area contributed by atoms with Gasteiger partial charge in [0.15, 0.2) is 12.0 Å². The van der Waals surface area contributed by atoms with Crippen molar-refractivity contribution >= 4 is 12.3 Å². The van der Waals surface area contributed by atoms with Crippen LogP contribution in [0.15, 0.2) is 28.7 Å². The molecule has 0 aliphatic heterocycles. The van der Waals surface area contributed by atoms with Gasteiger partial charge < -0.3 is 9.15 Å². The van der Waals surface area contributed by atoms with Gasteiger partial charge in [-0.2, -0.15) is 0 Å². The minimum absolute atomic E-state index is 0.135. The standard InChI is InChI=1S/C14H11FO4/c1-8-10(12-6-3-9(7-16)19-12)4-5-11(15)13(8)14(17)18-2/h3-7H,1-2H3. The van der Waals surface area contributed by atoms with Crippen molar-refractivity contribution in [1.82, 2.24) is 0 Å². The summed E-state index contributed by atoms with van der Waals surface area (Å²) < 4.78 is 23.5. The number of hydrogen-bond donors (Lipinski definition) is 0. The summed E-state index contributed by atoms with van der Waals surface area (Å²) in [7, 11) is 1.19. The Bertz CT molecular complexity index is 643. The molecule has 5 heteroatoms. The van der Waals surface area contributed by atoms with Crippen molar-refractivity contribution in [3.05, 3.63) is 47.0 Å². The fourth-order valence-electron chi connectivity index (χ4n) is 1.86. The molecule has 0 aliphatic rings. The SMILES string of the molecule is COC(=O)c1c(F)ccc(-c2ccc(C=O)o2)c1C. The van der Waals surface area contributed by atoms with Crippen LogP contribution in [0.25, 0.3) is 11.3 Å². The van der Waals surface area contributed by atoms with Gasteiger partial charge in [0.1, 0.15) is 11.6 Å². The number of carbonyl (C=O) groups excluding carboxylic acids is 2. The summed E-state index contributed by atoms with van der Waals surface area (Å²) in [6.07, 6.45) is 0.573. The lowest BCUT2D eigenvalue weighted by Gasteiger charge is -2.09. The summed E-state index contributed by atoms with van der Waals surface area (Å²) in [5, 5.41) is 0. The number of hydrogen-bond acceptors (Lipinski definition) is 4. The third-order valence-corrected chi connectivity index (χ3v) is 2.81. The molecule has 0 saturated carbocycles. The quantitative estimate of drug-likeness (QED) is 0.630. The van der Waals surface area contributed by atoms with Crippen LogP contribution in [-0.2, 0) is 4.74 Å². The predicted octanol–water partition coefficient (Wildman–Crippen LogP) is 2.99. The highest BCUT2D eigenvalue weighted by Crippen LogP contribution is 2.29. The summed E-state index contributed by atoms with van der Waals surface area (Å²) in [5.41, 5.74) is 0.803. The van der Waals surface area contributed by atoms with Gasteiger partial charge in [0, 0.05) is 5.56 Å². The van der Waals surface area contributed by atoms with Gasteiger partial charge in [-0.1, -0.05) is 0 Å². The summed E-state index contributed by atoms with van der Waals surface area (Å²) >= 11 is 0. The van der Waals surface area contributed by atoms with E-state index in [1.165, 1.54) is 19.2 Å². The molecule has 1 aromatic heterocycles. The van der Waals surface area contributed by atoms with Crippen molar-refractivity contribution in [3.8, 4) is 11.3 Å². The number of benzene rings is 1. The van der Waals surface area contributed by atoms with Crippen LogP contribution in [-0.4, -0.2) is 19.4 Å². The third-order valence-electron chi connectivity index (χ3n) is 2.81. The largest absolute Gasteiger partial charge is 0.465 e. The molecule has 2 aromatic rings. The number of furan rings is 1. The Morgan fingerprint density at radius 3 is 2.63 bits per heavy atom. The maximum atomic E-state index is 13.7. The maximum absolute atomic E-state index is 13.7. The zero-order valence-corrected chi connectivity index (χ0v) is 10.4. The summed E-state index contributed by atoms with van der Waals surface area (Å²) in [6, 6.07) is 5.75. The summed E-state index contributed by atoms with van der Waals surface area (Å²) in [5.74, 6) is -0.850. The van der Waals surface area contributed by atoms with E-state index in [4.69, 9.17) is 4.42 Å². The van der Waals surface area contributed by atoms with Crippen molar-refractivity contribution < 1.29 is 23.1 Å². The van der Waals surface area contributed by atoms with Crippen molar-refractivity contribution in [2.45, 2.75) is 6.92 Å². The van der Waals surface area contributed by atoms with Crippen LogP contribution in [0.1, 0.15) is 26.5 Å². The van der Waals surface area contributed by atoms with E-state index in [9.17, 15) is 14.0 Å². The minimum atomic E-state index is -0.751. The van der Waals surface area contributed by atoms with Crippen molar-refractivity contribution in [2.24, 2.45) is 0 Å². The molecule has 0 unspecified atom stereocenters. The van der Waals surface area contributed by atoms with E-state index in [-0.39, 0.29) is 11.3 Å². The van der Waals surface area contributed by atoms with E-state index in [2.05, 4.69) is 4.74 Å². The Labute approximate surface area is 108 Å². The number of halogens is 1. The summed E-state index contributed by atoms with van der Waals surface area (Å²) in [6.45, 7) is 1.59. The second-order valence-corrected chi connectivity index (χ2v) is 3.91. The average Bonchev–Trinajstić information content (AvgIpc) is 2.87. The second kappa shape index (κ2) is 5.06. The van der Waals surface area contributed by atoms with Crippen LogP contribution in [0.3, 0.4) is 0 Å². The van der Waals surface area contributed by atoms with E-state index in [0.29, 0.717) is 23.2 Å². The monoisotopic (exact) mass is 262 g/mol. The van der Waals surface area contributed by atoms with Crippen LogP contribution in [0.4, 0.5) is 4.39 Å². The molecule has 0 aliphatic carbocycles. The first kappa shape index (κ1) is 13.0. The first-order valence-corrected chi connectivity index (χ1v) is 5.51. The average molecular weight is 262 g/mol. The van der Waals surface area contributed by atoms with Gasteiger partial charge in [0.25, 0.3) is 0 Å². The van der Waals surface area contributed by atoms with Gasteiger partial charge in [0.2, 0.25) is 0 Å². The lowest BCUT2D eigenvalue weighted by atomic mass is 10.00. The molecule has 0 N–H and O–H groups in total. The molecule has 0 atom stereocenters. The lowest BCUT2D eigenvalue weighted by molar-refractivity contribution is 0.0594. The number of esters is 1. The number of aldehydes is 1. The van der Waals surface area contributed by atoms with Crippen LogP contribution in [0, 0.1) is 12.7 Å². The third kappa shape index (κ3) is 2.27. The Kier molecular flexibility index (Phi) is 3.46. The summed E-state index contributed by atoms with van der Waals surface area (Å²) in [4.78, 5) is 22.1. The molecule has 0 amide bonds. The second-order valence-electron chi connectivity index (χ2n) is 3.91. The van der Waals surface area contributed by atoms with E-state index >= 15 is 0 Å². The van der Waals surface area contributed by atoms with Crippen molar-refractivity contribution in [1.29, 1.82) is 0 Å². The molecule has 0 radical (unpaired) electrons. The number of methoxy groups -OCH3 is 1.